The maximum Gasteiger partial charge on any atom is 0.295 e. The second-order valence-electron chi connectivity index (χ2n) is 8.67. The lowest BCUT2D eigenvalue weighted by Crippen LogP contribution is -2.38. The van der Waals surface area contributed by atoms with Gasteiger partial charge in [0.05, 0.1) is 31.4 Å². The summed E-state index contributed by atoms with van der Waals surface area (Å²) in [7, 11) is 0. The maximum absolute atomic E-state index is 13.2. The van der Waals surface area contributed by atoms with E-state index in [-0.39, 0.29) is 11.3 Å². The highest BCUT2D eigenvalue weighted by Crippen LogP contribution is 2.39. The quantitative estimate of drug-likeness (QED) is 0.366. The number of amides is 1. The topological polar surface area (TPSA) is 79.3 Å². The van der Waals surface area contributed by atoms with Crippen molar-refractivity contribution in [3.63, 3.8) is 0 Å². The van der Waals surface area contributed by atoms with E-state index in [2.05, 4.69) is 4.90 Å². The van der Waals surface area contributed by atoms with E-state index in [4.69, 9.17) is 9.47 Å². The van der Waals surface area contributed by atoms with Gasteiger partial charge >= 0.3 is 0 Å². The fraction of sp³-hybridized carbons (Fsp3) is 0.407. The molecule has 2 aromatic carbocycles. The smallest absolute Gasteiger partial charge is 0.295 e. The molecule has 1 atom stereocenters. The lowest BCUT2D eigenvalue weighted by molar-refractivity contribution is -0.140. The summed E-state index contributed by atoms with van der Waals surface area (Å²) in [4.78, 5) is 30.2. The monoisotopic (exact) mass is 464 g/mol. The van der Waals surface area contributed by atoms with Crippen molar-refractivity contribution in [3.05, 3.63) is 70.8 Å². The number of rotatable bonds is 8. The van der Waals surface area contributed by atoms with Crippen molar-refractivity contribution in [2.75, 3.05) is 46.0 Å². The molecule has 0 bridgehead atoms. The highest BCUT2D eigenvalue weighted by atomic mass is 16.5. The molecule has 2 saturated heterocycles. The van der Waals surface area contributed by atoms with E-state index in [0.29, 0.717) is 37.7 Å². The Hall–Kier alpha value is -3.16. The van der Waals surface area contributed by atoms with Crippen LogP contribution in [0, 0.1) is 6.92 Å². The Morgan fingerprint density at radius 1 is 1.09 bits per heavy atom. The molecule has 0 spiro atoms. The van der Waals surface area contributed by atoms with E-state index in [9.17, 15) is 14.7 Å². The van der Waals surface area contributed by atoms with Crippen molar-refractivity contribution in [1.82, 2.24) is 9.80 Å². The SMILES string of the molecule is CCOc1cccc(/C(O)=C2\C(=O)C(=O)N(CCCN3CCOCC3)C2c2ccc(C)cc2)c1. The van der Waals surface area contributed by atoms with Crippen LogP contribution in [0.5, 0.6) is 5.75 Å². The molecule has 4 rings (SSSR count). The lowest BCUT2D eigenvalue weighted by atomic mass is 9.94. The molecule has 7 nitrogen and oxygen atoms in total. The highest BCUT2D eigenvalue weighted by molar-refractivity contribution is 6.46. The Labute approximate surface area is 200 Å². The van der Waals surface area contributed by atoms with E-state index in [1.54, 1.807) is 29.2 Å². The van der Waals surface area contributed by atoms with Crippen molar-refractivity contribution in [3.8, 4) is 5.75 Å². The summed E-state index contributed by atoms with van der Waals surface area (Å²) in [5.74, 6) is -0.814. The van der Waals surface area contributed by atoms with E-state index < -0.39 is 17.7 Å². The first kappa shape index (κ1) is 24.0. The molecule has 2 aliphatic rings. The second-order valence-corrected chi connectivity index (χ2v) is 8.67. The van der Waals surface area contributed by atoms with Crippen molar-refractivity contribution >= 4 is 17.4 Å². The number of carbonyl (C=O) groups is 2. The van der Waals surface area contributed by atoms with E-state index in [0.717, 1.165) is 37.2 Å². The molecule has 0 saturated carbocycles. The van der Waals surface area contributed by atoms with E-state index >= 15 is 0 Å². The van der Waals surface area contributed by atoms with Crippen LogP contribution < -0.4 is 4.74 Å². The van der Waals surface area contributed by atoms with Crippen LogP contribution in [0.3, 0.4) is 0 Å². The summed E-state index contributed by atoms with van der Waals surface area (Å²) in [5.41, 5.74) is 2.46. The van der Waals surface area contributed by atoms with Crippen LogP contribution in [0.4, 0.5) is 0 Å². The third-order valence-corrected chi connectivity index (χ3v) is 6.33. The first-order valence-electron chi connectivity index (χ1n) is 11.9. The molecule has 1 N–H and O–H groups in total. The fourth-order valence-electron chi connectivity index (χ4n) is 4.55. The van der Waals surface area contributed by atoms with Gasteiger partial charge in [-0.05, 0) is 38.0 Å². The average molecular weight is 465 g/mol. The predicted molar refractivity (Wildman–Crippen MR) is 130 cm³/mol. The zero-order chi connectivity index (χ0) is 24.1. The molecule has 2 aliphatic heterocycles. The highest BCUT2D eigenvalue weighted by Gasteiger charge is 2.45. The number of morpholine rings is 1. The standard InChI is InChI=1S/C27H32N2O5/c1-3-34-22-7-4-6-21(18-22)25(30)23-24(20-10-8-19(2)9-11-20)29(27(32)26(23)31)13-5-12-28-14-16-33-17-15-28/h4,6-11,18,24,30H,3,5,12-17H2,1-2H3/b25-23+. The van der Waals surface area contributed by atoms with Gasteiger partial charge in [-0.15, -0.1) is 0 Å². The van der Waals surface area contributed by atoms with Crippen molar-refractivity contribution in [2.45, 2.75) is 26.3 Å². The zero-order valence-electron chi connectivity index (χ0n) is 19.8. The molecule has 7 heteroatoms. The number of hydrogen-bond acceptors (Lipinski definition) is 6. The number of carbonyl (C=O) groups excluding carboxylic acids is 2. The number of Topliss-reactive ketones (excluding diaryl/α,β-unsaturated/α-hetero) is 1. The number of nitrogens with zero attached hydrogens (tertiary/aromatic N) is 2. The van der Waals surface area contributed by atoms with Gasteiger partial charge in [0.15, 0.2) is 0 Å². The Morgan fingerprint density at radius 2 is 1.82 bits per heavy atom. The minimum absolute atomic E-state index is 0.119. The van der Waals surface area contributed by atoms with Gasteiger partial charge in [0.1, 0.15) is 11.5 Å². The molecule has 0 aliphatic carbocycles. The minimum Gasteiger partial charge on any atom is -0.507 e. The number of hydrogen-bond donors (Lipinski definition) is 1. The summed E-state index contributed by atoms with van der Waals surface area (Å²) in [6, 6.07) is 14.1. The van der Waals surface area contributed by atoms with E-state index in [1.165, 1.54) is 0 Å². The third kappa shape index (κ3) is 5.16. The summed E-state index contributed by atoms with van der Waals surface area (Å²) in [5, 5.41) is 11.2. The van der Waals surface area contributed by atoms with Gasteiger partial charge in [-0.25, -0.2) is 0 Å². The molecule has 34 heavy (non-hydrogen) atoms. The fourth-order valence-corrected chi connectivity index (χ4v) is 4.55. The Morgan fingerprint density at radius 3 is 2.53 bits per heavy atom. The largest absolute Gasteiger partial charge is 0.507 e. The average Bonchev–Trinajstić information content (AvgIpc) is 3.10. The Bertz CT molecular complexity index is 1060. The van der Waals surface area contributed by atoms with Gasteiger partial charge in [-0.1, -0.05) is 42.0 Å². The van der Waals surface area contributed by atoms with Gasteiger partial charge < -0.3 is 19.5 Å². The number of ether oxygens (including phenoxy) is 2. The first-order valence-corrected chi connectivity index (χ1v) is 11.9. The third-order valence-electron chi connectivity index (χ3n) is 6.33. The maximum atomic E-state index is 13.2. The van der Waals surface area contributed by atoms with Gasteiger partial charge in [-0.3, -0.25) is 14.5 Å². The first-order chi connectivity index (χ1) is 16.5. The Balaban J connectivity index is 1.67. The molecule has 2 aromatic rings. The molecule has 2 fully saturated rings. The zero-order valence-corrected chi connectivity index (χ0v) is 19.8. The van der Waals surface area contributed by atoms with Crippen LogP contribution in [0.2, 0.25) is 0 Å². The summed E-state index contributed by atoms with van der Waals surface area (Å²) in [6.07, 6.45) is 0.731. The van der Waals surface area contributed by atoms with Crippen LogP contribution in [-0.2, 0) is 14.3 Å². The van der Waals surface area contributed by atoms with Crippen LogP contribution in [0.1, 0.15) is 36.1 Å². The number of aliphatic hydroxyl groups is 1. The number of aliphatic hydroxyl groups excluding tert-OH is 1. The summed E-state index contributed by atoms with van der Waals surface area (Å²) in [6.45, 7) is 8.78. The van der Waals surface area contributed by atoms with Gasteiger partial charge in [0.2, 0.25) is 0 Å². The van der Waals surface area contributed by atoms with Crippen LogP contribution in [0.15, 0.2) is 54.1 Å². The van der Waals surface area contributed by atoms with Crippen LogP contribution in [0.25, 0.3) is 5.76 Å². The molecule has 0 aromatic heterocycles. The lowest BCUT2D eigenvalue weighted by Gasteiger charge is -2.29. The van der Waals surface area contributed by atoms with Crippen LogP contribution in [-0.4, -0.2) is 72.6 Å². The van der Waals surface area contributed by atoms with Crippen molar-refractivity contribution in [1.29, 1.82) is 0 Å². The second kappa shape index (κ2) is 10.8. The number of ketones is 1. The normalized spacial score (nSPS) is 20.6. The molecule has 2 heterocycles. The molecule has 180 valence electrons. The molecule has 1 amide bonds. The van der Waals surface area contributed by atoms with E-state index in [1.807, 2.05) is 38.1 Å². The van der Waals surface area contributed by atoms with Gasteiger partial charge in [-0.2, -0.15) is 0 Å². The van der Waals surface area contributed by atoms with Crippen molar-refractivity contribution in [2.24, 2.45) is 0 Å². The minimum atomic E-state index is -0.656. The Kier molecular flexibility index (Phi) is 7.65. The predicted octanol–water partition coefficient (Wildman–Crippen LogP) is 3.54. The summed E-state index contributed by atoms with van der Waals surface area (Å²) < 4.78 is 11.0. The number of likely N-dealkylation sites (tertiary alicyclic amines) is 1. The molecule has 0 radical (unpaired) electrons. The van der Waals surface area contributed by atoms with Gasteiger partial charge in [0.25, 0.3) is 11.7 Å². The molecular formula is C27H32N2O5. The number of benzene rings is 2. The molecular weight excluding hydrogens is 432 g/mol. The summed E-state index contributed by atoms with van der Waals surface area (Å²) >= 11 is 0. The van der Waals surface area contributed by atoms with Crippen molar-refractivity contribution < 1.29 is 24.2 Å². The van der Waals surface area contributed by atoms with Gasteiger partial charge in [0, 0.05) is 31.7 Å². The molecule has 1 unspecified atom stereocenters. The number of aryl methyl sites for hydroxylation is 1. The van der Waals surface area contributed by atoms with Crippen LogP contribution >= 0.6 is 0 Å².